The van der Waals surface area contributed by atoms with Crippen molar-refractivity contribution >= 4 is 12.0 Å². The van der Waals surface area contributed by atoms with Crippen molar-refractivity contribution in [2.24, 2.45) is 4.99 Å². The second kappa shape index (κ2) is 8.19. The highest BCUT2D eigenvalue weighted by atomic mass is 19.1. The summed E-state index contributed by atoms with van der Waals surface area (Å²) in [5.74, 6) is -0.306. The molecule has 1 fully saturated rings. The average molecular weight is 370 g/mol. The molecule has 0 unspecified atom stereocenters. The SMILES string of the molecule is CCN(C)C=Nc1cc(F)c(C2(OCc3ccccc3C)COC2)cc1C. The van der Waals surface area contributed by atoms with Gasteiger partial charge in [-0.05, 0) is 43.5 Å². The summed E-state index contributed by atoms with van der Waals surface area (Å²) < 4.78 is 26.5. The largest absolute Gasteiger partial charge is 0.375 e. The second-order valence-corrected chi connectivity index (χ2v) is 7.14. The minimum absolute atomic E-state index is 0.306. The van der Waals surface area contributed by atoms with Gasteiger partial charge in [-0.2, -0.15) is 0 Å². The normalized spacial score (nSPS) is 15.7. The van der Waals surface area contributed by atoms with E-state index in [-0.39, 0.29) is 5.82 Å². The molecule has 0 spiro atoms. The first-order chi connectivity index (χ1) is 12.9. The summed E-state index contributed by atoms with van der Waals surface area (Å²) in [7, 11) is 1.93. The smallest absolute Gasteiger partial charge is 0.143 e. The first-order valence-corrected chi connectivity index (χ1v) is 9.26. The standard InChI is InChI=1S/C22H27FN2O2/c1-5-25(4)15-24-21-11-20(23)19(10-17(21)3)22(13-26-14-22)27-12-18-9-7-6-8-16(18)2/h6-11,15H,5,12-14H2,1-4H3. The summed E-state index contributed by atoms with van der Waals surface area (Å²) in [5.41, 5.74) is 3.62. The zero-order chi connectivity index (χ0) is 19.4. The van der Waals surface area contributed by atoms with Gasteiger partial charge < -0.3 is 14.4 Å². The van der Waals surface area contributed by atoms with Crippen LogP contribution in [0.1, 0.15) is 29.2 Å². The van der Waals surface area contributed by atoms with E-state index in [1.54, 1.807) is 6.34 Å². The van der Waals surface area contributed by atoms with Gasteiger partial charge in [0.15, 0.2) is 0 Å². The Balaban J connectivity index is 1.83. The fourth-order valence-electron chi connectivity index (χ4n) is 2.99. The van der Waals surface area contributed by atoms with Crippen LogP contribution in [0.5, 0.6) is 0 Å². The van der Waals surface area contributed by atoms with Gasteiger partial charge in [-0.15, -0.1) is 0 Å². The lowest BCUT2D eigenvalue weighted by Crippen LogP contribution is -2.49. The van der Waals surface area contributed by atoms with Gasteiger partial charge in [-0.25, -0.2) is 9.38 Å². The molecule has 1 aliphatic rings. The van der Waals surface area contributed by atoms with E-state index in [4.69, 9.17) is 9.47 Å². The number of nitrogens with zero attached hydrogens (tertiary/aromatic N) is 2. The van der Waals surface area contributed by atoms with Crippen LogP contribution in [0.2, 0.25) is 0 Å². The number of halogens is 1. The molecule has 0 N–H and O–H groups in total. The maximum absolute atomic E-state index is 14.9. The van der Waals surface area contributed by atoms with Crippen LogP contribution >= 0.6 is 0 Å². The van der Waals surface area contributed by atoms with Crippen molar-refractivity contribution in [3.05, 3.63) is 64.5 Å². The van der Waals surface area contributed by atoms with Gasteiger partial charge in [0.05, 0.1) is 31.8 Å². The van der Waals surface area contributed by atoms with Crippen molar-refractivity contribution in [1.82, 2.24) is 4.90 Å². The van der Waals surface area contributed by atoms with Crippen LogP contribution in [0.25, 0.3) is 0 Å². The molecule has 1 aliphatic heterocycles. The molecule has 1 saturated heterocycles. The first kappa shape index (κ1) is 19.5. The molecule has 0 bridgehead atoms. The third-order valence-electron chi connectivity index (χ3n) is 5.10. The summed E-state index contributed by atoms with van der Waals surface area (Å²) in [6.07, 6.45) is 1.72. The number of benzene rings is 2. The summed E-state index contributed by atoms with van der Waals surface area (Å²) >= 11 is 0. The summed E-state index contributed by atoms with van der Waals surface area (Å²) in [4.78, 5) is 6.34. The van der Waals surface area contributed by atoms with E-state index in [2.05, 4.69) is 4.99 Å². The molecule has 144 valence electrons. The Bertz CT molecular complexity index is 831. The fraction of sp³-hybridized carbons (Fsp3) is 0.409. The predicted molar refractivity (Wildman–Crippen MR) is 106 cm³/mol. The van der Waals surface area contributed by atoms with Crippen LogP contribution in [0.3, 0.4) is 0 Å². The topological polar surface area (TPSA) is 34.1 Å². The molecule has 0 aromatic heterocycles. The summed E-state index contributed by atoms with van der Waals surface area (Å²) in [5, 5.41) is 0. The van der Waals surface area contributed by atoms with Gasteiger partial charge in [-0.1, -0.05) is 24.3 Å². The third kappa shape index (κ3) is 4.20. The van der Waals surface area contributed by atoms with Crippen LogP contribution in [-0.4, -0.2) is 38.0 Å². The molecular weight excluding hydrogens is 343 g/mol. The van der Waals surface area contributed by atoms with Gasteiger partial charge in [0, 0.05) is 25.2 Å². The molecule has 3 rings (SSSR count). The van der Waals surface area contributed by atoms with E-state index in [9.17, 15) is 4.39 Å². The number of rotatable bonds is 7. The molecule has 27 heavy (non-hydrogen) atoms. The van der Waals surface area contributed by atoms with Crippen molar-refractivity contribution in [3.8, 4) is 0 Å². The van der Waals surface area contributed by atoms with Crippen LogP contribution in [0.4, 0.5) is 10.1 Å². The van der Waals surface area contributed by atoms with Crippen molar-refractivity contribution < 1.29 is 13.9 Å². The Morgan fingerprint density at radius 1 is 1.22 bits per heavy atom. The first-order valence-electron chi connectivity index (χ1n) is 9.26. The number of hydrogen-bond donors (Lipinski definition) is 0. The Kier molecular flexibility index (Phi) is 5.92. The van der Waals surface area contributed by atoms with Gasteiger partial charge >= 0.3 is 0 Å². The fourth-order valence-corrected chi connectivity index (χ4v) is 2.99. The molecule has 0 aliphatic carbocycles. The number of ether oxygens (including phenoxy) is 2. The highest BCUT2D eigenvalue weighted by Gasteiger charge is 2.44. The van der Waals surface area contributed by atoms with Crippen molar-refractivity contribution in [3.63, 3.8) is 0 Å². The van der Waals surface area contributed by atoms with E-state index in [1.165, 1.54) is 6.07 Å². The lowest BCUT2D eigenvalue weighted by atomic mass is 9.89. The van der Waals surface area contributed by atoms with Crippen LogP contribution < -0.4 is 0 Å². The number of hydrogen-bond acceptors (Lipinski definition) is 3. The lowest BCUT2D eigenvalue weighted by molar-refractivity contribution is -0.224. The lowest BCUT2D eigenvalue weighted by Gasteiger charge is -2.42. The number of aryl methyl sites for hydroxylation is 2. The zero-order valence-electron chi connectivity index (χ0n) is 16.5. The van der Waals surface area contributed by atoms with E-state index in [0.29, 0.717) is 31.1 Å². The highest BCUT2D eigenvalue weighted by Crippen LogP contribution is 2.38. The van der Waals surface area contributed by atoms with E-state index in [1.807, 2.05) is 63.1 Å². The van der Waals surface area contributed by atoms with Gasteiger partial charge in [0.1, 0.15) is 11.4 Å². The molecule has 2 aromatic rings. The minimum atomic E-state index is -0.737. The molecule has 0 radical (unpaired) electrons. The monoisotopic (exact) mass is 370 g/mol. The Hall–Kier alpha value is -2.24. The predicted octanol–water partition coefficient (Wildman–Crippen LogP) is 4.50. The molecule has 0 atom stereocenters. The molecule has 1 heterocycles. The Labute approximate surface area is 160 Å². The van der Waals surface area contributed by atoms with E-state index < -0.39 is 5.60 Å². The maximum Gasteiger partial charge on any atom is 0.143 e. The Morgan fingerprint density at radius 3 is 2.59 bits per heavy atom. The average Bonchev–Trinajstić information content (AvgIpc) is 2.63. The molecule has 0 amide bonds. The Morgan fingerprint density at radius 2 is 1.96 bits per heavy atom. The van der Waals surface area contributed by atoms with Crippen molar-refractivity contribution in [2.75, 3.05) is 26.8 Å². The van der Waals surface area contributed by atoms with E-state index in [0.717, 1.165) is 23.2 Å². The minimum Gasteiger partial charge on any atom is -0.375 e. The molecule has 0 saturated carbocycles. The number of aliphatic imine (C=N–C) groups is 1. The van der Waals surface area contributed by atoms with Crippen LogP contribution in [0.15, 0.2) is 41.4 Å². The summed E-state index contributed by atoms with van der Waals surface area (Å²) in [6.45, 7) is 8.01. The second-order valence-electron chi connectivity index (χ2n) is 7.14. The van der Waals surface area contributed by atoms with E-state index >= 15 is 0 Å². The highest BCUT2D eigenvalue weighted by molar-refractivity contribution is 5.63. The quantitative estimate of drug-likeness (QED) is 0.532. The third-order valence-corrected chi connectivity index (χ3v) is 5.10. The van der Waals surface area contributed by atoms with Gasteiger partial charge in [-0.3, -0.25) is 0 Å². The molecule has 4 nitrogen and oxygen atoms in total. The van der Waals surface area contributed by atoms with Crippen molar-refractivity contribution in [2.45, 2.75) is 33.0 Å². The molecule has 5 heteroatoms. The molecular formula is C22H27FN2O2. The molecule has 2 aromatic carbocycles. The van der Waals surface area contributed by atoms with Gasteiger partial charge in [0.25, 0.3) is 0 Å². The van der Waals surface area contributed by atoms with Crippen molar-refractivity contribution in [1.29, 1.82) is 0 Å². The zero-order valence-corrected chi connectivity index (χ0v) is 16.5. The summed E-state index contributed by atoms with van der Waals surface area (Å²) in [6, 6.07) is 11.4. The van der Waals surface area contributed by atoms with Crippen LogP contribution in [0, 0.1) is 19.7 Å². The van der Waals surface area contributed by atoms with Gasteiger partial charge in [0.2, 0.25) is 0 Å². The van der Waals surface area contributed by atoms with Crippen LogP contribution in [-0.2, 0) is 21.7 Å². The maximum atomic E-state index is 14.9.